The molecule has 1 aromatic carbocycles. The number of aromatic nitrogens is 3. The lowest BCUT2D eigenvalue weighted by Gasteiger charge is -2.05. The largest absolute Gasteiger partial charge is 0.344 e. The Morgan fingerprint density at radius 3 is 2.95 bits per heavy atom. The summed E-state index contributed by atoms with van der Waals surface area (Å²) in [4.78, 5) is 12.3. The van der Waals surface area contributed by atoms with E-state index in [4.69, 9.17) is 5.73 Å². The minimum Gasteiger partial charge on any atom is -0.326 e. The standard InChI is InChI=1S/C12H13FN4OS/c13-8-3-7(6-14)4-10(5-8)19-12-16-15-11(18)17(12)9-1-2-9/h3-5,9H,1-2,6,14H2,(H,15,18). The second kappa shape index (κ2) is 4.82. The third-order valence-electron chi connectivity index (χ3n) is 2.96. The molecule has 2 aromatic rings. The first kappa shape index (κ1) is 12.4. The molecule has 1 aliphatic rings. The van der Waals surface area contributed by atoms with Gasteiger partial charge in [-0.3, -0.25) is 4.57 Å². The van der Waals surface area contributed by atoms with Crippen LogP contribution in [0.15, 0.2) is 33.0 Å². The molecule has 0 saturated heterocycles. The number of aromatic amines is 1. The van der Waals surface area contributed by atoms with Crippen LogP contribution in [0.4, 0.5) is 4.39 Å². The summed E-state index contributed by atoms with van der Waals surface area (Å²) in [5, 5.41) is 7.00. The normalized spacial score (nSPS) is 14.8. The Labute approximate surface area is 113 Å². The van der Waals surface area contributed by atoms with E-state index < -0.39 is 0 Å². The monoisotopic (exact) mass is 280 g/mol. The fraction of sp³-hybridized carbons (Fsp3) is 0.333. The molecule has 1 aromatic heterocycles. The Balaban J connectivity index is 1.93. The van der Waals surface area contributed by atoms with Crippen molar-refractivity contribution < 1.29 is 4.39 Å². The number of nitrogens with two attached hydrogens (primary N) is 1. The van der Waals surface area contributed by atoms with Crippen molar-refractivity contribution in [1.82, 2.24) is 14.8 Å². The van der Waals surface area contributed by atoms with Crippen LogP contribution in [0.2, 0.25) is 0 Å². The van der Waals surface area contributed by atoms with Crippen molar-refractivity contribution in [2.75, 3.05) is 0 Å². The summed E-state index contributed by atoms with van der Waals surface area (Å²) < 4.78 is 15.1. The lowest BCUT2D eigenvalue weighted by atomic mass is 10.2. The SMILES string of the molecule is NCc1cc(F)cc(Sc2n[nH]c(=O)n2C2CC2)c1. The molecule has 3 rings (SSSR count). The third-order valence-corrected chi connectivity index (χ3v) is 3.90. The first-order chi connectivity index (χ1) is 9.17. The first-order valence-corrected chi connectivity index (χ1v) is 6.83. The summed E-state index contributed by atoms with van der Waals surface area (Å²) in [6.07, 6.45) is 1.98. The van der Waals surface area contributed by atoms with Gasteiger partial charge in [0.25, 0.3) is 0 Å². The maximum atomic E-state index is 13.4. The molecule has 1 heterocycles. The molecule has 0 unspecified atom stereocenters. The van der Waals surface area contributed by atoms with Gasteiger partial charge in [-0.15, -0.1) is 5.10 Å². The number of nitrogens with zero attached hydrogens (tertiary/aromatic N) is 2. The Hall–Kier alpha value is -1.60. The van der Waals surface area contributed by atoms with Crippen molar-refractivity contribution in [2.45, 2.75) is 35.5 Å². The zero-order valence-corrected chi connectivity index (χ0v) is 10.9. The molecule has 1 saturated carbocycles. The average Bonchev–Trinajstić information content (AvgIpc) is 3.14. The lowest BCUT2D eigenvalue weighted by Crippen LogP contribution is -2.16. The average molecular weight is 280 g/mol. The molecule has 1 fully saturated rings. The van der Waals surface area contributed by atoms with Crippen LogP contribution in [-0.4, -0.2) is 14.8 Å². The van der Waals surface area contributed by atoms with Crippen LogP contribution in [0.5, 0.6) is 0 Å². The molecule has 1 aliphatic carbocycles. The molecule has 0 radical (unpaired) electrons. The number of nitrogens with one attached hydrogen (secondary N) is 1. The van der Waals surface area contributed by atoms with Gasteiger partial charge >= 0.3 is 5.69 Å². The molecule has 7 heteroatoms. The molecule has 0 amide bonds. The zero-order valence-electron chi connectivity index (χ0n) is 10.1. The van der Waals surface area contributed by atoms with Crippen LogP contribution in [0.3, 0.4) is 0 Å². The third kappa shape index (κ3) is 2.57. The molecular formula is C12H13FN4OS. The molecule has 0 atom stereocenters. The smallest absolute Gasteiger partial charge is 0.326 e. The number of halogens is 1. The Bertz CT molecular complexity index is 662. The van der Waals surface area contributed by atoms with Gasteiger partial charge in [0.15, 0.2) is 5.16 Å². The lowest BCUT2D eigenvalue weighted by molar-refractivity contribution is 0.621. The van der Waals surface area contributed by atoms with E-state index in [2.05, 4.69) is 10.2 Å². The summed E-state index contributed by atoms with van der Waals surface area (Å²) in [6, 6.07) is 4.86. The van der Waals surface area contributed by atoms with Crippen molar-refractivity contribution >= 4 is 11.8 Å². The van der Waals surface area contributed by atoms with E-state index in [0.29, 0.717) is 10.1 Å². The summed E-state index contributed by atoms with van der Waals surface area (Å²) in [5.41, 5.74) is 6.03. The molecule has 19 heavy (non-hydrogen) atoms. The minimum atomic E-state index is -0.332. The maximum absolute atomic E-state index is 13.4. The topological polar surface area (TPSA) is 76.7 Å². The highest BCUT2D eigenvalue weighted by molar-refractivity contribution is 7.99. The molecule has 3 N–H and O–H groups in total. The van der Waals surface area contributed by atoms with Gasteiger partial charge < -0.3 is 5.73 Å². The van der Waals surface area contributed by atoms with Crippen LogP contribution >= 0.6 is 11.8 Å². The maximum Gasteiger partial charge on any atom is 0.344 e. The van der Waals surface area contributed by atoms with Gasteiger partial charge in [-0.2, -0.15) is 0 Å². The van der Waals surface area contributed by atoms with Crippen LogP contribution in [0.1, 0.15) is 24.4 Å². The van der Waals surface area contributed by atoms with Crippen LogP contribution in [-0.2, 0) is 6.54 Å². The van der Waals surface area contributed by atoms with Crippen molar-refractivity contribution in [1.29, 1.82) is 0 Å². The predicted octanol–water partition coefficient (Wildman–Crippen LogP) is 1.66. The molecule has 5 nitrogen and oxygen atoms in total. The number of hydrogen-bond acceptors (Lipinski definition) is 4. The Morgan fingerprint density at radius 1 is 1.47 bits per heavy atom. The van der Waals surface area contributed by atoms with Crippen LogP contribution < -0.4 is 11.4 Å². The fourth-order valence-corrected chi connectivity index (χ4v) is 2.93. The van der Waals surface area contributed by atoms with E-state index in [1.807, 2.05) is 6.07 Å². The van der Waals surface area contributed by atoms with E-state index in [0.717, 1.165) is 18.4 Å². The van der Waals surface area contributed by atoms with Crippen molar-refractivity contribution in [3.63, 3.8) is 0 Å². The highest BCUT2D eigenvalue weighted by atomic mass is 32.2. The van der Waals surface area contributed by atoms with Gasteiger partial charge in [-0.1, -0.05) is 0 Å². The van der Waals surface area contributed by atoms with E-state index >= 15 is 0 Å². The number of hydrogen-bond donors (Lipinski definition) is 2. The van der Waals surface area contributed by atoms with E-state index in [-0.39, 0.29) is 24.1 Å². The number of benzene rings is 1. The van der Waals surface area contributed by atoms with Gasteiger partial charge in [-0.25, -0.2) is 14.3 Å². The van der Waals surface area contributed by atoms with Gasteiger partial charge in [0, 0.05) is 17.5 Å². The second-order valence-corrected chi connectivity index (χ2v) is 5.55. The highest BCUT2D eigenvalue weighted by Crippen LogP contribution is 2.37. The zero-order chi connectivity index (χ0) is 13.4. The van der Waals surface area contributed by atoms with Crippen molar-refractivity contribution in [2.24, 2.45) is 5.73 Å². The summed E-state index contributed by atoms with van der Waals surface area (Å²) in [7, 11) is 0. The summed E-state index contributed by atoms with van der Waals surface area (Å²) in [5.74, 6) is -0.332. The van der Waals surface area contributed by atoms with Gasteiger partial charge in [0.1, 0.15) is 5.82 Å². The molecule has 0 spiro atoms. The summed E-state index contributed by atoms with van der Waals surface area (Å²) in [6.45, 7) is 0.279. The van der Waals surface area contributed by atoms with E-state index in [9.17, 15) is 9.18 Å². The molecular weight excluding hydrogens is 267 g/mol. The van der Waals surface area contributed by atoms with Gasteiger partial charge in [0.05, 0.1) is 0 Å². The predicted molar refractivity (Wildman–Crippen MR) is 69.5 cm³/mol. The Morgan fingerprint density at radius 2 is 2.26 bits per heavy atom. The number of rotatable bonds is 4. The second-order valence-electron chi connectivity index (χ2n) is 4.51. The van der Waals surface area contributed by atoms with E-state index in [1.54, 1.807) is 4.57 Å². The highest BCUT2D eigenvalue weighted by Gasteiger charge is 2.28. The van der Waals surface area contributed by atoms with E-state index in [1.165, 1.54) is 23.9 Å². The van der Waals surface area contributed by atoms with Gasteiger partial charge in [0.2, 0.25) is 0 Å². The molecule has 0 bridgehead atoms. The van der Waals surface area contributed by atoms with Crippen LogP contribution in [0.25, 0.3) is 0 Å². The molecule has 100 valence electrons. The Kier molecular flexibility index (Phi) is 3.16. The summed E-state index contributed by atoms with van der Waals surface area (Å²) >= 11 is 1.27. The van der Waals surface area contributed by atoms with Crippen molar-refractivity contribution in [3.8, 4) is 0 Å². The van der Waals surface area contributed by atoms with Crippen LogP contribution in [0, 0.1) is 5.82 Å². The molecule has 0 aliphatic heterocycles. The van der Waals surface area contributed by atoms with Gasteiger partial charge in [-0.05, 0) is 48.4 Å². The fourth-order valence-electron chi connectivity index (χ4n) is 1.92. The first-order valence-electron chi connectivity index (χ1n) is 6.01. The number of H-pyrrole nitrogens is 1. The minimum absolute atomic E-state index is 0.208. The van der Waals surface area contributed by atoms with Crippen molar-refractivity contribution in [3.05, 3.63) is 40.1 Å². The quantitative estimate of drug-likeness (QED) is 0.893.